The van der Waals surface area contributed by atoms with Gasteiger partial charge in [0.1, 0.15) is 0 Å². The number of ether oxygens (including phenoxy) is 1. The molecule has 1 aliphatic carbocycles. The van der Waals surface area contributed by atoms with Crippen molar-refractivity contribution in [2.45, 2.75) is 70.7 Å². The maximum absolute atomic E-state index is 6.50. The van der Waals surface area contributed by atoms with Gasteiger partial charge in [-0.25, -0.2) is 0 Å². The second-order valence-electron chi connectivity index (χ2n) is 8.52. The minimum atomic E-state index is -0.133. The monoisotopic (exact) mass is 424 g/mol. The van der Waals surface area contributed by atoms with Crippen molar-refractivity contribution in [3.05, 3.63) is 35.9 Å². The Morgan fingerprint density at radius 2 is 2.03 bits per heavy atom. The van der Waals surface area contributed by atoms with Crippen LogP contribution < -0.4 is 10.1 Å². The van der Waals surface area contributed by atoms with E-state index in [0.29, 0.717) is 22.9 Å². The third-order valence-corrected chi connectivity index (χ3v) is 7.01. The van der Waals surface area contributed by atoms with E-state index in [2.05, 4.69) is 54.5 Å². The zero-order chi connectivity index (χ0) is 20.9. The molecule has 1 aromatic carbocycles. The lowest BCUT2D eigenvalue weighted by Crippen LogP contribution is -2.39. The maximum Gasteiger partial charge on any atom is 0.247 e. The van der Waals surface area contributed by atoms with E-state index in [4.69, 9.17) is 9.72 Å². The maximum atomic E-state index is 6.50. The van der Waals surface area contributed by atoms with Gasteiger partial charge in [0.2, 0.25) is 11.0 Å². The first kappa shape index (κ1) is 21.2. The van der Waals surface area contributed by atoms with E-state index >= 15 is 0 Å². The number of fused-ring (bicyclic) bond motifs is 3. The Bertz CT molecular complexity index is 901. The van der Waals surface area contributed by atoms with Crippen molar-refractivity contribution in [2.24, 2.45) is 11.8 Å². The summed E-state index contributed by atoms with van der Waals surface area (Å²) in [4.78, 5) is 4.79. The number of aromatic nitrogens is 3. The van der Waals surface area contributed by atoms with Crippen LogP contribution in [0.5, 0.6) is 5.88 Å². The Morgan fingerprint density at radius 3 is 2.87 bits per heavy atom. The molecule has 2 heterocycles. The number of allylic oxidation sites excluding steroid dienone is 2. The SMILES string of the molecule is CCCCCCSc1nnc2c(n1)O[C@H]([C@@H]1CC=C(C)C[C@@H]1C)Nc1ccccc1-2. The first-order valence-corrected chi connectivity index (χ1v) is 12.2. The van der Waals surface area contributed by atoms with Crippen molar-refractivity contribution in [3.8, 4) is 17.1 Å². The average Bonchev–Trinajstić information content (AvgIpc) is 2.90. The average molecular weight is 425 g/mol. The van der Waals surface area contributed by atoms with Gasteiger partial charge in [-0.05, 0) is 38.2 Å². The van der Waals surface area contributed by atoms with Crippen LogP contribution in [0.2, 0.25) is 0 Å². The standard InChI is InChI=1S/C24H32N4OS/c1-4-5-6-9-14-30-24-26-23-21(27-28-24)19-10-7-8-11-20(19)25-22(29-23)18-13-12-16(2)15-17(18)3/h7-8,10-12,17-18,22,25H,4-6,9,13-15H2,1-3H3/t17-,18+,22+/m0/s1. The summed E-state index contributed by atoms with van der Waals surface area (Å²) >= 11 is 1.67. The Kier molecular flexibility index (Phi) is 6.93. The Hall–Kier alpha value is -2.08. The predicted molar refractivity (Wildman–Crippen MR) is 124 cm³/mol. The Labute approximate surface area is 184 Å². The number of para-hydroxylation sites is 1. The zero-order valence-corrected chi connectivity index (χ0v) is 19.0. The summed E-state index contributed by atoms with van der Waals surface area (Å²) < 4.78 is 6.50. The summed E-state index contributed by atoms with van der Waals surface area (Å²) in [7, 11) is 0. The zero-order valence-electron chi connectivity index (χ0n) is 18.2. The quantitative estimate of drug-likeness (QED) is 0.318. The van der Waals surface area contributed by atoms with E-state index in [1.165, 1.54) is 31.3 Å². The number of unbranched alkanes of at least 4 members (excludes halogenated alkanes) is 3. The fraction of sp³-hybridized carbons (Fsp3) is 0.542. The van der Waals surface area contributed by atoms with Crippen molar-refractivity contribution in [2.75, 3.05) is 11.1 Å². The molecule has 0 saturated heterocycles. The molecule has 5 nitrogen and oxygen atoms in total. The van der Waals surface area contributed by atoms with Crippen molar-refractivity contribution in [1.82, 2.24) is 15.2 Å². The Morgan fingerprint density at radius 1 is 1.17 bits per heavy atom. The highest BCUT2D eigenvalue weighted by atomic mass is 32.2. The van der Waals surface area contributed by atoms with Gasteiger partial charge in [-0.1, -0.05) is 74.7 Å². The molecule has 3 atom stereocenters. The second kappa shape index (κ2) is 9.82. The molecule has 160 valence electrons. The third kappa shape index (κ3) is 4.80. The molecule has 0 saturated carbocycles. The molecule has 0 fully saturated rings. The van der Waals surface area contributed by atoms with Crippen LogP contribution in [0.15, 0.2) is 41.1 Å². The highest BCUT2D eigenvalue weighted by molar-refractivity contribution is 7.99. The minimum Gasteiger partial charge on any atom is -0.452 e. The van der Waals surface area contributed by atoms with Crippen molar-refractivity contribution < 1.29 is 4.74 Å². The predicted octanol–water partition coefficient (Wildman–Crippen LogP) is 6.33. The summed E-state index contributed by atoms with van der Waals surface area (Å²) in [6.45, 7) is 6.77. The van der Waals surface area contributed by atoms with Crippen LogP contribution in [-0.2, 0) is 0 Å². The van der Waals surface area contributed by atoms with Crippen LogP contribution in [0.3, 0.4) is 0 Å². The van der Waals surface area contributed by atoms with E-state index < -0.39 is 0 Å². The van der Waals surface area contributed by atoms with Crippen LogP contribution in [-0.4, -0.2) is 27.2 Å². The van der Waals surface area contributed by atoms with Gasteiger partial charge in [0.05, 0.1) is 0 Å². The lowest BCUT2D eigenvalue weighted by Gasteiger charge is -2.34. The van der Waals surface area contributed by atoms with Crippen LogP contribution in [0.1, 0.15) is 59.3 Å². The Balaban J connectivity index is 1.59. The molecule has 4 rings (SSSR count). The van der Waals surface area contributed by atoms with Gasteiger partial charge < -0.3 is 10.1 Å². The fourth-order valence-electron chi connectivity index (χ4n) is 4.35. The van der Waals surface area contributed by atoms with Gasteiger partial charge in [-0.2, -0.15) is 4.98 Å². The second-order valence-corrected chi connectivity index (χ2v) is 9.58. The molecule has 6 heteroatoms. The van der Waals surface area contributed by atoms with E-state index in [-0.39, 0.29) is 6.23 Å². The van der Waals surface area contributed by atoms with E-state index in [1.807, 2.05) is 12.1 Å². The minimum absolute atomic E-state index is 0.133. The molecule has 0 amide bonds. The molecule has 1 N–H and O–H groups in total. The number of anilines is 1. The summed E-state index contributed by atoms with van der Waals surface area (Å²) in [5.74, 6) is 2.54. The number of benzene rings is 1. The van der Waals surface area contributed by atoms with Gasteiger partial charge in [-0.15, -0.1) is 10.2 Å². The molecule has 2 aromatic rings. The normalized spacial score (nSPS) is 22.8. The first-order valence-electron chi connectivity index (χ1n) is 11.2. The first-order chi connectivity index (χ1) is 14.7. The molecule has 30 heavy (non-hydrogen) atoms. The van der Waals surface area contributed by atoms with Gasteiger partial charge in [0.15, 0.2) is 11.9 Å². The van der Waals surface area contributed by atoms with Crippen LogP contribution in [0.4, 0.5) is 5.69 Å². The van der Waals surface area contributed by atoms with Gasteiger partial charge in [0, 0.05) is 22.9 Å². The molecule has 2 aliphatic rings. The van der Waals surface area contributed by atoms with Crippen LogP contribution >= 0.6 is 11.8 Å². The van der Waals surface area contributed by atoms with Gasteiger partial charge in [-0.3, -0.25) is 0 Å². The van der Waals surface area contributed by atoms with Gasteiger partial charge >= 0.3 is 0 Å². The van der Waals surface area contributed by atoms with E-state index in [0.717, 1.165) is 35.5 Å². The van der Waals surface area contributed by atoms with E-state index in [1.54, 1.807) is 11.8 Å². The molecular formula is C24H32N4OS. The summed E-state index contributed by atoms with van der Waals surface area (Å²) in [6, 6.07) is 8.23. The van der Waals surface area contributed by atoms with Crippen LogP contribution in [0, 0.1) is 11.8 Å². The molecule has 0 radical (unpaired) electrons. The lowest BCUT2D eigenvalue weighted by atomic mass is 9.80. The highest BCUT2D eigenvalue weighted by Gasteiger charge is 2.34. The number of nitrogens with one attached hydrogen (secondary N) is 1. The number of thioether (sulfide) groups is 1. The topological polar surface area (TPSA) is 59.9 Å². The number of rotatable bonds is 7. The molecule has 1 aromatic heterocycles. The number of hydrogen-bond acceptors (Lipinski definition) is 6. The molecule has 0 unspecified atom stereocenters. The molecule has 0 bridgehead atoms. The van der Waals surface area contributed by atoms with E-state index in [9.17, 15) is 0 Å². The third-order valence-electron chi connectivity index (χ3n) is 6.09. The summed E-state index contributed by atoms with van der Waals surface area (Å²) in [5.41, 5.74) is 4.24. The number of hydrogen-bond donors (Lipinski definition) is 1. The lowest BCUT2D eigenvalue weighted by molar-refractivity contribution is 0.114. The van der Waals surface area contributed by atoms with Gasteiger partial charge in [0.25, 0.3) is 0 Å². The van der Waals surface area contributed by atoms with Crippen molar-refractivity contribution >= 4 is 17.4 Å². The molecule has 0 spiro atoms. The summed E-state index contributed by atoms with van der Waals surface area (Å²) in [6.07, 6.45) is 9.31. The smallest absolute Gasteiger partial charge is 0.247 e. The molecular weight excluding hydrogens is 392 g/mol. The van der Waals surface area contributed by atoms with Crippen LogP contribution in [0.25, 0.3) is 11.3 Å². The van der Waals surface area contributed by atoms with Crippen molar-refractivity contribution in [3.63, 3.8) is 0 Å². The number of nitrogens with zero attached hydrogens (tertiary/aromatic N) is 3. The summed E-state index contributed by atoms with van der Waals surface area (Å²) in [5, 5.41) is 13.3. The molecule has 1 aliphatic heterocycles. The largest absolute Gasteiger partial charge is 0.452 e. The highest BCUT2D eigenvalue weighted by Crippen LogP contribution is 2.40. The fourth-order valence-corrected chi connectivity index (χ4v) is 5.13. The van der Waals surface area contributed by atoms with Crippen molar-refractivity contribution in [1.29, 1.82) is 0 Å².